The Morgan fingerprint density at radius 1 is 1.23 bits per heavy atom. The lowest BCUT2D eigenvalue weighted by Crippen LogP contribution is -2.37. The van der Waals surface area contributed by atoms with Crippen molar-refractivity contribution < 1.29 is 17.9 Å². The largest absolute Gasteiger partial charge is 0.490 e. The van der Waals surface area contributed by atoms with E-state index in [9.17, 15) is 8.78 Å². The molecule has 0 bridgehead atoms. The highest BCUT2D eigenvalue weighted by Crippen LogP contribution is 2.29. The van der Waals surface area contributed by atoms with Crippen LogP contribution in [0.1, 0.15) is 18.7 Å². The SMILES string of the molecule is FC(F)Cn1ccc2c(OC3CCN(Cc4nnco4)CC3)cccc21. The number of nitrogens with zero attached hydrogens (tertiary/aromatic N) is 4. The van der Waals surface area contributed by atoms with Gasteiger partial charge in [0.2, 0.25) is 12.3 Å². The molecule has 0 saturated carbocycles. The molecule has 1 saturated heterocycles. The second-order valence-electron chi connectivity index (χ2n) is 6.47. The van der Waals surface area contributed by atoms with Crippen LogP contribution in [0.2, 0.25) is 0 Å². The fourth-order valence-corrected chi connectivity index (χ4v) is 3.43. The third-order valence-corrected chi connectivity index (χ3v) is 4.70. The van der Waals surface area contributed by atoms with Crippen molar-refractivity contribution in [1.29, 1.82) is 0 Å². The van der Waals surface area contributed by atoms with Crippen LogP contribution < -0.4 is 4.74 Å². The maximum Gasteiger partial charge on any atom is 0.256 e. The van der Waals surface area contributed by atoms with Crippen LogP contribution in [0, 0.1) is 0 Å². The Balaban J connectivity index is 1.39. The molecule has 4 rings (SSSR count). The number of fused-ring (bicyclic) bond motifs is 1. The molecule has 1 fully saturated rings. The Hall–Kier alpha value is -2.48. The molecule has 0 spiro atoms. The van der Waals surface area contributed by atoms with Gasteiger partial charge in [0.25, 0.3) is 6.43 Å². The Bertz CT molecular complexity index is 842. The van der Waals surface area contributed by atoms with Crippen molar-refractivity contribution >= 4 is 10.9 Å². The van der Waals surface area contributed by atoms with Gasteiger partial charge in [-0.15, -0.1) is 10.2 Å². The predicted octanol–water partition coefficient (Wildman–Crippen LogP) is 3.33. The highest BCUT2D eigenvalue weighted by molar-refractivity contribution is 5.86. The minimum absolute atomic E-state index is 0.109. The normalized spacial score (nSPS) is 16.6. The Morgan fingerprint density at radius 3 is 2.81 bits per heavy atom. The molecule has 3 heterocycles. The van der Waals surface area contributed by atoms with Crippen LogP contribution >= 0.6 is 0 Å². The monoisotopic (exact) mass is 362 g/mol. The molecule has 6 nitrogen and oxygen atoms in total. The summed E-state index contributed by atoms with van der Waals surface area (Å²) < 4.78 is 38.3. The zero-order valence-corrected chi connectivity index (χ0v) is 14.2. The van der Waals surface area contributed by atoms with Gasteiger partial charge in [-0.3, -0.25) is 4.90 Å². The van der Waals surface area contributed by atoms with Crippen molar-refractivity contribution in [3.05, 3.63) is 42.7 Å². The standard InChI is InChI=1S/C18H20F2N4O2/c19-17(20)10-24-9-6-14-15(24)2-1-3-16(14)26-13-4-7-23(8-5-13)11-18-22-21-12-25-18/h1-3,6,9,12-13,17H,4-5,7-8,10-11H2. The summed E-state index contributed by atoms with van der Waals surface area (Å²) in [7, 11) is 0. The summed E-state index contributed by atoms with van der Waals surface area (Å²) in [5, 5.41) is 8.48. The number of ether oxygens (including phenoxy) is 1. The van der Waals surface area contributed by atoms with E-state index in [1.54, 1.807) is 10.8 Å². The van der Waals surface area contributed by atoms with Crippen LogP contribution in [0.3, 0.4) is 0 Å². The molecule has 138 valence electrons. The highest BCUT2D eigenvalue weighted by Gasteiger charge is 2.22. The van der Waals surface area contributed by atoms with Gasteiger partial charge in [-0.05, 0) is 31.0 Å². The summed E-state index contributed by atoms with van der Waals surface area (Å²) in [5.74, 6) is 1.38. The molecule has 0 N–H and O–H groups in total. The van der Waals surface area contributed by atoms with Crippen LogP contribution in [0.4, 0.5) is 8.78 Å². The van der Waals surface area contributed by atoms with Crippen molar-refractivity contribution in [2.24, 2.45) is 0 Å². The summed E-state index contributed by atoms with van der Waals surface area (Å²) in [6.07, 6.45) is 2.55. The predicted molar refractivity (Wildman–Crippen MR) is 91.2 cm³/mol. The van der Waals surface area contributed by atoms with Gasteiger partial charge in [0.1, 0.15) is 11.9 Å². The zero-order valence-electron chi connectivity index (χ0n) is 14.2. The maximum absolute atomic E-state index is 12.7. The number of likely N-dealkylation sites (tertiary alicyclic amines) is 1. The van der Waals surface area contributed by atoms with Gasteiger partial charge in [-0.25, -0.2) is 8.78 Å². The molecule has 8 heteroatoms. The van der Waals surface area contributed by atoms with Crippen LogP contribution in [-0.2, 0) is 13.1 Å². The number of benzene rings is 1. The van der Waals surface area contributed by atoms with Crippen molar-refractivity contribution in [2.75, 3.05) is 13.1 Å². The van der Waals surface area contributed by atoms with Crippen molar-refractivity contribution in [3.63, 3.8) is 0 Å². The molecule has 26 heavy (non-hydrogen) atoms. The molecule has 3 aromatic rings. The first kappa shape index (κ1) is 17.0. The number of alkyl halides is 2. The van der Waals surface area contributed by atoms with E-state index in [2.05, 4.69) is 15.1 Å². The topological polar surface area (TPSA) is 56.3 Å². The van der Waals surface area contributed by atoms with Crippen molar-refractivity contribution in [3.8, 4) is 5.75 Å². The maximum atomic E-state index is 12.7. The molecule has 1 aromatic carbocycles. The van der Waals surface area contributed by atoms with Crippen LogP contribution in [-0.4, -0.2) is 45.3 Å². The molecule has 1 aliphatic heterocycles. The van der Waals surface area contributed by atoms with E-state index in [0.29, 0.717) is 12.4 Å². The lowest BCUT2D eigenvalue weighted by Gasteiger charge is -2.31. The van der Waals surface area contributed by atoms with Crippen LogP contribution in [0.15, 0.2) is 41.3 Å². The molecule has 1 aliphatic rings. The molecular formula is C18H20F2N4O2. The Kier molecular flexibility index (Phi) is 4.83. The molecular weight excluding hydrogens is 342 g/mol. The average Bonchev–Trinajstić information content (AvgIpc) is 3.27. The summed E-state index contributed by atoms with van der Waals surface area (Å²) in [6.45, 7) is 2.12. The number of hydrogen-bond donors (Lipinski definition) is 0. The highest BCUT2D eigenvalue weighted by atomic mass is 19.3. The van der Waals surface area contributed by atoms with Crippen LogP contribution in [0.25, 0.3) is 10.9 Å². The molecule has 0 unspecified atom stereocenters. The fourth-order valence-electron chi connectivity index (χ4n) is 3.43. The fraction of sp³-hybridized carbons (Fsp3) is 0.444. The minimum atomic E-state index is -2.38. The first-order valence-corrected chi connectivity index (χ1v) is 8.69. The van der Waals surface area contributed by atoms with E-state index in [4.69, 9.17) is 9.15 Å². The molecule has 0 aliphatic carbocycles. The van der Waals surface area contributed by atoms with Gasteiger partial charge >= 0.3 is 0 Å². The second-order valence-corrected chi connectivity index (χ2v) is 6.47. The van der Waals surface area contributed by atoms with Gasteiger partial charge in [0.15, 0.2) is 0 Å². The quantitative estimate of drug-likeness (QED) is 0.673. The number of rotatable bonds is 6. The Labute approximate surface area is 149 Å². The summed E-state index contributed by atoms with van der Waals surface area (Å²) in [6, 6.07) is 7.44. The minimum Gasteiger partial charge on any atom is -0.490 e. The summed E-state index contributed by atoms with van der Waals surface area (Å²) >= 11 is 0. The first-order valence-electron chi connectivity index (χ1n) is 8.69. The van der Waals surface area contributed by atoms with E-state index >= 15 is 0 Å². The first-order chi connectivity index (χ1) is 12.7. The van der Waals surface area contributed by atoms with Gasteiger partial charge in [-0.1, -0.05) is 6.07 Å². The van der Waals surface area contributed by atoms with E-state index in [1.807, 2.05) is 24.3 Å². The van der Waals surface area contributed by atoms with Crippen molar-refractivity contribution in [2.45, 2.75) is 38.5 Å². The number of piperidine rings is 1. The number of halogens is 2. The van der Waals surface area contributed by atoms with Gasteiger partial charge < -0.3 is 13.7 Å². The summed E-state index contributed by atoms with van der Waals surface area (Å²) in [5.41, 5.74) is 0.775. The van der Waals surface area contributed by atoms with Gasteiger partial charge in [-0.2, -0.15) is 0 Å². The average molecular weight is 362 g/mol. The second kappa shape index (κ2) is 7.41. The van der Waals surface area contributed by atoms with E-state index in [1.165, 1.54) is 6.39 Å². The lowest BCUT2D eigenvalue weighted by atomic mass is 10.1. The van der Waals surface area contributed by atoms with E-state index in [0.717, 1.165) is 42.6 Å². The molecule has 0 amide bonds. The third-order valence-electron chi connectivity index (χ3n) is 4.70. The summed E-state index contributed by atoms with van der Waals surface area (Å²) in [4.78, 5) is 2.26. The van der Waals surface area contributed by atoms with Crippen LogP contribution in [0.5, 0.6) is 5.75 Å². The zero-order chi connectivity index (χ0) is 17.9. The van der Waals surface area contributed by atoms with Gasteiger partial charge in [0.05, 0.1) is 18.6 Å². The number of hydrogen-bond acceptors (Lipinski definition) is 5. The van der Waals surface area contributed by atoms with E-state index in [-0.39, 0.29) is 12.6 Å². The molecule has 2 aromatic heterocycles. The Morgan fingerprint density at radius 2 is 2.08 bits per heavy atom. The smallest absolute Gasteiger partial charge is 0.256 e. The lowest BCUT2D eigenvalue weighted by molar-refractivity contribution is 0.0929. The number of aromatic nitrogens is 3. The third kappa shape index (κ3) is 3.70. The molecule has 0 radical (unpaired) electrons. The van der Waals surface area contributed by atoms with Crippen molar-refractivity contribution in [1.82, 2.24) is 19.7 Å². The molecule has 0 atom stereocenters. The van der Waals surface area contributed by atoms with E-state index < -0.39 is 6.43 Å². The van der Waals surface area contributed by atoms with Gasteiger partial charge in [0, 0.05) is 24.7 Å².